The summed E-state index contributed by atoms with van der Waals surface area (Å²) in [6, 6.07) is 27.4. The number of aromatic nitrogens is 1. The van der Waals surface area contributed by atoms with Crippen LogP contribution >= 0.6 is 11.6 Å². The molecule has 0 aliphatic rings. The summed E-state index contributed by atoms with van der Waals surface area (Å²) in [7, 11) is 0. The smallest absolute Gasteiger partial charge is 0.0737 e. The highest BCUT2D eigenvalue weighted by molar-refractivity contribution is 6.31. The van der Waals surface area contributed by atoms with Crippen LogP contribution in [0.5, 0.6) is 0 Å². The Hall–Kier alpha value is -2.88. The molecule has 0 saturated heterocycles. The van der Waals surface area contributed by atoms with E-state index >= 15 is 0 Å². The molecule has 1 heterocycles. The number of hydrogen-bond donors (Lipinski definition) is 1. The minimum atomic E-state index is 0.717. The quantitative estimate of drug-likeness (QED) is 0.261. The molecule has 4 heteroatoms. The fourth-order valence-corrected chi connectivity index (χ4v) is 4.25. The Morgan fingerprint density at radius 3 is 2.44 bits per heavy atom. The van der Waals surface area contributed by atoms with Crippen molar-refractivity contribution in [2.24, 2.45) is 0 Å². The Bertz CT molecular complexity index is 1130. The van der Waals surface area contributed by atoms with Crippen molar-refractivity contribution in [3.05, 3.63) is 95.6 Å². The van der Waals surface area contributed by atoms with Crippen LogP contribution in [0.1, 0.15) is 25.3 Å². The zero-order valence-electron chi connectivity index (χ0n) is 18.6. The molecule has 0 bridgehead atoms. The average molecular weight is 444 g/mol. The van der Waals surface area contributed by atoms with E-state index in [0.717, 1.165) is 55.6 Å². The summed E-state index contributed by atoms with van der Waals surface area (Å²) in [5, 5.41) is 5.41. The molecule has 0 atom stereocenters. The van der Waals surface area contributed by atoms with E-state index in [1.165, 1.54) is 16.7 Å². The van der Waals surface area contributed by atoms with Crippen molar-refractivity contribution in [1.29, 1.82) is 0 Å². The van der Waals surface area contributed by atoms with Gasteiger partial charge in [0.25, 0.3) is 0 Å². The van der Waals surface area contributed by atoms with E-state index in [2.05, 4.69) is 76.7 Å². The summed E-state index contributed by atoms with van der Waals surface area (Å²) in [6.45, 7) is 6.33. The Kier molecular flexibility index (Phi) is 7.76. The second-order valence-corrected chi connectivity index (χ2v) is 8.58. The van der Waals surface area contributed by atoms with Gasteiger partial charge in [0, 0.05) is 41.9 Å². The van der Waals surface area contributed by atoms with Crippen LogP contribution in [0.3, 0.4) is 0 Å². The molecule has 3 nitrogen and oxygen atoms in total. The minimum absolute atomic E-state index is 0.717. The zero-order valence-corrected chi connectivity index (χ0v) is 19.4. The van der Waals surface area contributed by atoms with Gasteiger partial charge in [-0.3, -0.25) is 9.88 Å². The zero-order chi connectivity index (χ0) is 22.2. The molecular weight excluding hydrogens is 414 g/mol. The number of anilines is 1. The number of rotatable bonds is 10. The monoisotopic (exact) mass is 443 g/mol. The number of hydrogen-bond acceptors (Lipinski definition) is 3. The number of nitrogens with one attached hydrogen (secondary N) is 1. The highest BCUT2D eigenvalue weighted by Crippen LogP contribution is 2.24. The van der Waals surface area contributed by atoms with Gasteiger partial charge < -0.3 is 5.32 Å². The fourth-order valence-electron chi connectivity index (χ4n) is 4.08. The lowest BCUT2D eigenvalue weighted by Gasteiger charge is -2.22. The maximum atomic E-state index is 6.10. The second-order valence-electron chi connectivity index (χ2n) is 8.14. The Balaban J connectivity index is 1.31. The second kappa shape index (κ2) is 11.1. The highest BCUT2D eigenvalue weighted by atomic mass is 35.5. The molecular formula is C28H30ClN3. The number of benzene rings is 3. The van der Waals surface area contributed by atoms with E-state index in [4.69, 9.17) is 11.6 Å². The summed E-state index contributed by atoms with van der Waals surface area (Å²) < 4.78 is 0. The van der Waals surface area contributed by atoms with Crippen molar-refractivity contribution in [3.63, 3.8) is 0 Å². The third kappa shape index (κ3) is 5.87. The first-order valence-corrected chi connectivity index (χ1v) is 11.8. The number of fused-ring (bicyclic) bond motifs is 1. The number of nitrogens with zero attached hydrogens (tertiary/aromatic N) is 2. The molecule has 4 aromatic rings. The van der Waals surface area contributed by atoms with Crippen LogP contribution in [-0.2, 0) is 6.54 Å². The van der Waals surface area contributed by atoms with Gasteiger partial charge >= 0.3 is 0 Å². The van der Waals surface area contributed by atoms with Gasteiger partial charge in [0.1, 0.15) is 0 Å². The molecule has 0 spiro atoms. The first kappa shape index (κ1) is 22.3. The van der Waals surface area contributed by atoms with Gasteiger partial charge in [0.15, 0.2) is 0 Å². The number of halogens is 1. The molecule has 0 unspecified atom stereocenters. The summed E-state index contributed by atoms with van der Waals surface area (Å²) in [5.74, 6) is 0. The van der Waals surface area contributed by atoms with E-state index in [-0.39, 0.29) is 0 Å². The molecule has 3 aromatic carbocycles. The standard InChI is InChI=1S/C28H30ClN3/c1-2-18-32(21-22-9-11-24(12-10-22)23-7-4-3-5-8-23)19-6-16-30-27-15-17-31-28-20-25(29)13-14-26(27)28/h3-5,7-15,17,20H,2,6,16,18-19,21H2,1H3,(H,30,31). The molecule has 0 aliphatic carbocycles. The molecule has 164 valence electrons. The van der Waals surface area contributed by atoms with Gasteiger partial charge in [0.05, 0.1) is 5.52 Å². The fraction of sp³-hybridized carbons (Fsp3) is 0.250. The van der Waals surface area contributed by atoms with Crippen LogP contribution in [0.25, 0.3) is 22.0 Å². The van der Waals surface area contributed by atoms with Gasteiger partial charge in [-0.2, -0.15) is 0 Å². The molecule has 0 saturated carbocycles. The summed E-state index contributed by atoms with van der Waals surface area (Å²) in [6.07, 6.45) is 4.08. The SMILES string of the molecule is CCCN(CCCNc1ccnc2cc(Cl)ccc12)Cc1ccc(-c2ccccc2)cc1. The predicted molar refractivity (Wildman–Crippen MR) is 137 cm³/mol. The number of pyridine rings is 1. The van der Waals surface area contributed by atoms with Crippen molar-refractivity contribution >= 4 is 28.2 Å². The van der Waals surface area contributed by atoms with Crippen LogP contribution in [0.2, 0.25) is 5.02 Å². The molecule has 0 fully saturated rings. The van der Waals surface area contributed by atoms with Gasteiger partial charge in [-0.15, -0.1) is 0 Å². The molecule has 1 aromatic heterocycles. The van der Waals surface area contributed by atoms with Gasteiger partial charge in [-0.25, -0.2) is 0 Å². The summed E-state index contributed by atoms with van der Waals surface area (Å²) in [4.78, 5) is 6.97. The van der Waals surface area contributed by atoms with Gasteiger partial charge in [-0.1, -0.05) is 73.1 Å². The Morgan fingerprint density at radius 2 is 1.66 bits per heavy atom. The van der Waals surface area contributed by atoms with Crippen molar-refractivity contribution in [1.82, 2.24) is 9.88 Å². The van der Waals surface area contributed by atoms with Crippen LogP contribution in [-0.4, -0.2) is 29.5 Å². The summed E-state index contributed by atoms with van der Waals surface area (Å²) in [5.41, 5.74) is 5.94. The predicted octanol–water partition coefficient (Wildman–Crippen LogP) is 7.27. The maximum absolute atomic E-state index is 6.10. The van der Waals surface area contributed by atoms with Crippen molar-refractivity contribution in [2.75, 3.05) is 25.0 Å². The topological polar surface area (TPSA) is 28.2 Å². The lowest BCUT2D eigenvalue weighted by molar-refractivity contribution is 0.265. The first-order chi connectivity index (χ1) is 15.7. The van der Waals surface area contributed by atoms with Gasteiger partial charge in [0.2, 0.25) is 0 Å². The van der Waals surface area contributed by atoms with Crippen LogP contribution in [0.15, 0.2) is 85.1 Å². The molecule has 0 amide bonds. The van der Waals surface area contributed by atoms with Crippen LogP contribution in [0.4, 0.5) is 5.69 Å². The van der Waals surface area contributed by atoms with E-state index in [9.17, 15) is 0 Å². The first-order valence-electron chi connectivity index (χ1n) is 11.4. The van der Waals surface area contributed by atoms with Crippen LogP contribution in [0, 0.1) is 0 Å². The highest BCUT2D eigenvalue weighted by Gasteiger charge is 2.07. The minimum Gasteiger partial charge on any atom is -0.384 e. The molecule has 4 rings (SSSR count). The Morgan fingerprint density at radius 1 is 0.875 bits per heavy atom. The summed E-state index contributed by atoms with van der Waals surface area (Å²) >= 11 is 6.10. The van der Waals surface area contributed by atoms with E-state index in [0.29, 0.717) is 5.02 Å². The van der Waals surface area contributed by atoms with Crippen LogP contribution < -0.4 is 5.32 Å². The lowest BCUT2D eigenvalue weighted by atomic mass is 10.0. The van der Waals surface area contributed by atoms with Crippen molar-refractivity contribution < 1.29 is 0 Å². The van der Waals surface area contributed by atoms with E-state index < -0.39 is 0 Å². The molecule has 1 N–H and O–H groups in total. The van der Waals surface area contributed by atoms with Crippen molar-refractivity contribution in [3.8, 4) is 11.1 Å². The lowest BCUT2D eigenvalue weighted by Crippen LogP contribution is -2.26. The Labute approximate surface area is 196 Å². The largest absolute Gasteiger partial charge is 0.384 e. The van der Waals surface area contributed by atoms with Gasteiger partial charge in [-0.05, 0) is 60.3 Å². The van der Waals surface area contributed by atoms with E-state index in [1.54, 1.807) is 0 Å². The van der Waals surface area contributed by atoms with E-state index in [1.807, 2.05) is 30.5 Å². The third-order valence-corrected chi connectivity index (χ3v) is 5.91. The molecule has 0 radical (unpaired) electrons. The maximum Gasteiger partial charge on any atom is 0.0737 e. The molecule has 32 heavy (non-hydrogen) atoms. The molecule has 0 aliphatic heterocycles. The normalized spacial score (nSPS) is 11.2. The average Bonchev–Trinajstić information content (AvgIpc) is 2.83. The van der Waals surface area contributed by atoms with Crippen molar-refractivity contribution in [2.45, 2.75) is 26.3 Å². The third-order valence-electron chi connectivity index (χ3n) is 5.68.